The van der Waals surface area contributed by atoms with Gasteiger partial charge in [-0.15, -0.1) is 0 Å². The lowest BCUT2D eigenvalue weighted by molar-refractivity contribution is 0.660. The van der Waals surface area contributed by atoms with Crippen molar-refractivity contribution in [3.05, 3.63) is 242 Å². The van der Waals surface area contributed by atoms with E-state index in [1.54, 1.807) is 0 Å². The van der Waals surface area contributed by atoms with Crippen LogP contribution in [0.1, 0.15) is 25.0 Å². The molecule has 1 aliphatic rings. The highest BCUT2D eigenvalue weighted by Crippen LogP contribution is 2.54. The molecular weight excluding hydrogens is 801 g/mol. The second-order valence-electron chi connectivity index (χ2n) is 18.0. The second-order valence-corrected chi connectivity index (χ2v) is 18.0. The minimum atomic E-state index is -0.193. The zero-order valence-corrected chi connectivity index (χ0v) is 36.7. The highest BCUT2D eigenvalue weighted by Gasteiger charge is 2.36. The van der Waals surface area contributed by atoms with Crippen molar-refractivity contribution < 1.29 is 4.42 Å². The Morgan fingerprint density at radius 3 is 1.83 bits per heavy atom. The summed E-state index contributed by atoms with van der Waals surface area (Å²) in [6.45, 7) is 4.73. The van der Waals surface area contributed by atoms with E-state index in [1.165, 1.54) is 49.7 Å². The molecular formula is C63H44N2O. The number of aromatic nitrogens is 1. The molecule has 66 heavy (non-hydrogen) atoms. The Morgan fingerprint density at radius 1 is 0.394 bits per heavy atom. The fourth-order valence-corrected chi connectivity index (χ4v) is 10.9. The molecule has 10 aromatic carbocycles. The minimum Gasteiger partial charge on any atom is -0.456 e. The molecule has 0 unspecified atom stereocenters. The van der Waals surface area contributed by atoms with Crippen molar-refractivity contribution in [1.29, 1.82) is 0 Å². The van der Waals surface area contributed by atoms with Gasteiger partial charge in [-0.05, 0) is 123 Å². The van der Waals surface area contributed by atoms with Crippen LogP contribution in [0.5, 0.6) is 0 Å². The van der Waals surface area contributed by atoms with Crippen molar-refractivity contribution in [2.75, 3.05) is 4.90 Å². The molecule has 2 heterocycles. The van der Waals surface area contributed by atoms with E-state index in [1.807, 2.05) is 0 Å². The molecule has 1 aliphatic carbocycles. The third kappa shape index (κ3) is 5.83. The Labute approximate surface area is 384 Å². The molecule has 0 radical (unpaired) electrons. The summed E-state index contributed by atoms with van der Waals surface area (Å²) in [4.78, 5) is 2.50. The SMILES string of the molecule is CC1(C)c2ccccc2-c2ccc(N(c3ccc4c(c3)c3ccccc3n4-c3ccccc3)c3ccc4oc5ccccc5c4c3-c3ccc(-c4ccccc4)cc3-c3ccccc3)cc21. The Balaban J connectivity index is 1.14. The van der Waals surface area contributed by atoms with E-state index in [4.69, 9.17) is 4.42 Å². The summed E-state index contributed by atoms with van der Waals surface area (Å²) in [5.74, 6) is 0. The maximum absolute atomic E-state index is 6.75. The molecule has 0 spiro atoms. The Morgan fingerprint density at radius 2 is 1.02 bits per heavy atom. The largest absolute Gasteiger partial charge is 0.456 e. The van der Waals surface area contributed by atoms with Gasteiger partial charge in [-0.1, -0.05) is 172 Å². The number of fused-ring (bicyclic) bond motifs is 9. The number of hydrogen-bond donors (Lipinski definition) is 0. The molecule has 0 fully saturated rings. The predicted octanol–water partition coefficient (Wildman–Crippen LogP) is 17.5. The molecule has 13 rings (SSSR count). The molecule has 0 amide bonds. The van der Waals surface area contributed by atoms with Crippen LogP contribution in [0, 0.1) is 0 Å². The van der Waals surface area contributed by atoms with Gasteiger partial charge in [-0.25, -0.2) is 0 Å². The van der Waals surface area contributed by atoms with Crippen molar-refractivity contribution in [2.24, 2.45) is 0 Å². The van der Waals surface area contributed by atoms with Gasteiger partial charge in [-0.2, -0.15) is 0 Å². The van der Waals surface area contributed by atoms with E-state index in [-0.39, 0.29) is 5.41 Å². The Bertz CT molecular complexity index is 3840. The van der Waals surface area contributed by atoms with Crippen molar-refractivity contribution in [3.8, 4) is 50.2 Å². The molecule has 0 N–H and O–H groups in total. The summed E-state index contributed by atoms with van der Waals surface area (Å²) in [7, 11) is 0. The van der Waals surface area contributed by atoms with Crippen LogP contribution in [-0.4, -0.2) is 4.57 Å². The fourth-order valence-electron chi connectivity index (χ4n) is 10.9. The van der Waals surface area contributed by atoms with E-state index in [0.29, 0.717) is 0 Å². The molecule has 0 atom stereocenters. The quantitative estimate of drug-likeness (QED) is 0.159. The number of rotatable bonds is 7. The van der Waals surface area contributed by atoms with Crippen LogP contribution in [0.3, 0.4) is 0 Å². The number of hydrogen-bond acceptors (Lipinski definition) is 2. The standard InChI is InChI=1S/C63H44N2O/c1-63(2)54-27-15-12-24-47(54)48-34-31-46(40-55(48)63)64(45-32-35-57-53(39-45)49-25-13-16-28-56(49)65(57)44-22-10-5-11-23-44)58-36-37-60-62(51-26-14-17-29-59(51)66-60)61(58)50-33-30-43(41-18-6-3-7-19-41)38-52(50)42-20-8-4-9-21-42/h3-40H,1-2H3. The first kappa shape index (κ1) is 38.1. The van der Waals surface area contributed by atoms with E-state index < -0.39 is 0 Å². The summed E-state index contributed by atoms with van der Waals surface area (Å²) >= 11 is 0. The van der Waals surface area contributed by atoms with Crippen molar-refractivity contribution >= 4 is 60.8 Å². The maximum atomic E-state index is 6.75. The van der Waals surface area contributed by atoms with Crippen LogP contribution in [0.15, 0.2) is 235 Å². The molecule has 3 heteroatoms. The molecule has 3 nitrogen and oxygen atoms in total. The maximum Gasteiger partial charge on any atom is 0.136 e. The molecule has 12 aromatic rings. The zero-order chi connectivity index (χ0) is 43.9. The fraction of sp³-hybridized carbons (Fsp3) is 0.0476. The van der Waals surface area contributed by atoms with Crippen LogP contribution in [0.4, 0.5) is 17.1 Å². The summed E-state index contributed by atoms with van der Waals surface area (Å²) in [5, 5.41) is 4.58. The van der Waals surface area contributed by atoms with Crippen LogP contribution in [-0.2, 0) is 5.41 Å². The van der Waals surface area contributed by atoms with Crippen molar-refractivity contribution in [3.63, 3.8) is 0 Å². The number of benzene rings is 10. The molecule has 312 valence electrons. The summed E-state index contributed by atoms with van der Waals surface area (Å²) in [6, 6.07) is 84.0. The van der Waals surface area contributed by atoms with Gasteiger partial charge in [0.2, 0.25) is 0 Å². The summed E-state index contributed by atoms with van der Waals surface area (Å²) < 4.78 is 9.14. The molecule has 0 aliphatic heterocycles. The Kier molecular flexibility index (Phi) is 8.56. The van der Waals surface area contributed by atoms with Gasteiger partial charge in [0.1, 0.15) is 11.2 Å². The average molecular weight is 845 g/mol. The van der Waals surface area contributed by atoms with Gasteiger partial charge in [-0.3, -0.25) is 0 Å². The highest BCUT2D eigenvalue weighted by molar-refractivity contribution is 6.18. The molecule has 0 bridgehead atoms. The van der Waals surface area contributed by atoms with Gasteiger partial charge >= 0.3 is 0 Å². The first-order valence-corrected chi connectivity index (χ1v) is 22.8. The highest BCUT2D eigenvalue weighted by atomic mass is 16.3. The van der Waals surface area contributed by atoms with Crippen LogP contribution in [0.2, 0.25) is 0 Å². The summed E-state index contributed by atoms with van der Waals surface area (Å²) in [5.41, 5.74) is 20.4. The predicted molar refractivity (Wildman–Crippen MR) is 277 cm³/mol. The third-order valence-electron chi connectivity index (χ3n) is 14.0. The lowest BCUT2D eigenvalue weighted by Crippen LogP contribution is -2.17. The minimum absolute atomic E-state index is 0.193. The lowest BCUT2D eigenvalue weighted by atomic mass is 9.82. The average Bonchev–Trinajstić information content (AvgIpc) is 4.00. The number of furan rings is 1. The van der Waals surface area contributed by atoms with Gasteiger partial charge in [0.15, 0.2) is 0 Å². The number of para-hydroxylation sites is 3. The second kappa shape index (κ2) is 14.8. The van der Waals surface area contributed by atoms with Crippen LogP contribution < -0.4 is 4.90 Å². The van der Waals surface area contributed by atoms with Crippen molar-refractivity contribution in [2.45, 2.75) is 19.3 Å². The van der Waals surface area contributed by atoms with Gasteiger partial charge in [0, 0.05) is 49.6 Å². The van der Waals surface area contributed by atoms with E-state index in [2.05, 4.69) is 254 Å². The summed E-state index contributed by atoms with van der Waals surface area (Å²) in [6.07, 6.45) is 0. The van der Waals surface area contributed by atoms with Gasteiger partial charge in [0.05, 0.1) is 16.7 Å². The molecule has 0 saturated heterocycles. The van der Waals surface area contributed by atoms with E-state index in [0.717, 1.165) is 72.5 Å². The zero-order valence-electron chi connectivity index (χ0n) is 36.7. The monoisotopic (exact) mass is 844 g/mol. The van der Waals surface area contributed by atoms with Crippen LogP contribution in [0.25, 0.3) is 93.9 Å². The van der Waals surface area contributed by atoms with Gasteiger partial charge < -0.3 is 13.9 Å². The van der Waals surface area contributed by atoms with Gasteiger partial charge in [0.25, 0.3) is 0 Å². The lowest BCUT2D eigenvalue weighted by Gasteiger charge is -2.30. The van der Waals surface area contributed by atoms with E-state index >= 15 is 0 Å². The van der Waals surface area contributed by atoms with E-state index in [9.17, 15) is 0 Å². The number of anilines is 3. The number of nitrogens with zero attached hydrogens (tertiary/aromatic N) is 2. The van der Waals surface area contributed by atoms with Crippen molar-refractivity contribution in [1.82, 2.24) is 4.57 Å². The molecule has 2 aromatic heterocycles. The smallest absolute Gasteiger partial charge is 0.136 e. The topological polar surface area (TPSA) is 21.3 Å². The Hall–Kier alpha value is -8.40. The normalized spacial score (nSPS) is 12.8. The molecule has 0 saturated carbocycles. The first-order chi connectivity index (χ1) is 32.5. The third-order valence-corrected chi connectivity index (χ3v) is 14.0. The van der Waals surface area contributed by atoms with Crippen LogP contribution >= 0.6 is 0 Å². The first-order valence-electron chi connectivity index (χ1n) is 22.8.